The number of benzene rings is 2. The van der Waals surface area contributed by atoms with E-state index in [1.54, 1.807) is 32.7 Å². The molecule has 2 aromatic carbocycles. The van der Waals surface area contributed by atoms with E-state index >= 15 is 0 Å². The van der Waals surface area contributed by atoms with Crippen molar-refractivity contribution in [3.05, 3.63) is 36.4 Å². The Morgan fingerprint density at radius 3 is 1.94 bits per heavy atom. The van der Waals surface area contributed by atoms with Gasteiger partial charge in [0, 0.05) is 24.2 Å². The number of hydrogen-bond acceptors (Lipinski definition) is 7. The Morgan fingerprint density at radius 1 is 0.839 bits per heavy atom. The summed E-state index contributed by atoms with van der Waals surface area (Å²) in [6, 6.07) is 12.0. The van der Waals surface area contributed by atoms with E-state index in [0.717, 1.165) is 45.7 Å². The van der Waals surface area contributed by atoms with Crippen LogP contribution in [0.5, 0.6) is 23.0 Å². The Kier molecular flexibility index (Phi) is 7.63. The average molecular weight is 443 g/mol. The molecule has 0 bridgehead atoms. The van der Waals surface area contributed by atoms with Gasteiger partial charge in [-0.05, 0) is 57.2 Å². The highest BCUT2D eigenvalue weighted by Crippen LogP contribution is 2.46. The summed E-state index contributed by atoms with van der Waals surface area (Å²) in [7, 11) is 4.86. The third-order valence-corrected chi connectivity index (χ3v) is 6.18. The van der Waals surface area contributed by atoms with E-state index in [0.29, 0.717) is 23.9 Å². The van der Waals surface area contributed by atoms with Crippen LogP contribution in [-0.2, 0) is 0 Å². The van der Waals surface area contributed by atoms with Crippen molar-refractivity contribution >= 4 is 16.5 Å². The minimum absolute atomic E-state index is 0.574. The standard InChI is InChI=1S/C24H30N2O4S/c1-7-26(8-2)24-25-21(16-10-12-18(13-11-16)30-9-3)23(31-24)17-14-19(27-4)22(29-6)20(15-17)28-5/h10-15H,7-9H2,1-6H3. The van der Waals surface area contributed by atoms with Crippen molar-refractivity contribution in [1.82, 2.24) is 4.98 Å². The minimum atomic E-state index is 0.574. The van der Waals surface area contributed by atoms with Gasteiger partial charge in [-0.3, -0.25) is 0 Å². The molecule has 0 saturated heterocycles. The second-order valence-electron chi connectivity index (χ2n) is 6.72. The molecule has 0 atom stereocenters. The van der Waals surface area contributed by atoms with Gasteiger partial charge in [0.05, 0.1) is 38.5 Å². The molecule has 0 aliphatic heterocycles. The number of methoxy groups -OCH3 is 3. The first-order valence-corrected chi connectivity index (χ1v) is 11.2. The van der Waals surface area contributed by atoms with Crippen molar-refractivity contribution in [2.75, 3.05) is 45.9 Å². The largest absolute Gasteiger partial charge is 0.494 e. The van der Waals surface area contributed by atoms with Crippen LogP contribution in [0.4, 0.5) is 5.13 Å². The molecule has 7 heteroatoms. The fourth-order valence-corrected chi connectivity index (χ4v) is 4.62. The fraction of sp³-hybridized carbons (Fsp3) is 0.375. The van der Waals surface area contributed by atoms with Gasteiger partial charge in [-0.15, -0.1) is 0 Å². The van der Waals surface area contributed by atoms with E-state index in [1.807, 2.05) is 43.3 Å². The van der Waals surface area contributed by atoms with Crippen molar-refractivity contribution in [2.45, 2.75) is 20.8 Å². The van der Waals surface area contributed by atoms with Gasteiger partial charge < -0.3 is 23.8 Å². The zero-order valence-electron chi connectivity index (χ0n) is 19.0. The molecule has 0 aliphatic carbocycles. The molecule has 0 amide bonds. The Bertz CT molecular complexity index is 972. The Balaban J connectivity index is 2.19. The third-order valence-electron chi connectivity index (χ3n) is 5.02. The monoisotopic (exact) mass is 442 g/mol. The lowest BCUT2D eigenvalue weighted by Crippen LogP contribution is -2.21. The van der Waals surface area contributed by atoms with E-state index < -0.39 is 0 Å². The smallest absolute Gasteiger partial charge is 0.203 e. The summed E-state index contributed by atoms with van der Waals surface area (Å²) in [5, 5.41) is 0.984. The quantitative estimate of drug-likeness (QED) is 0.399. The summed E-state index contributed by atoms with van der Waals surface area (Å²) in [6.07, 6.45) is 0. The van der Waals surface area contributed by atoms with Crippen LogP contribution in [0.25, 0.3) is 21.7 Å². The SMILES string of the molecule is CCOc1ccc(-c2nc(N(CC)CC)sc2-c2cc(OC)c(OC)c(OC)c2)cc1. The normalized spacial score (nSPS) is 10.6. The molecule has 31 heavy (non-hydrogen) atoms. The molecule has 166 valence electrons. The molecule has 6 nitrogen and oxygen atoms in total. The van der Waals surface area contributed by atoms with Gasteiger partial charge >= 0.3 is 0 Å². The van der Waals surface area contributed by atoms with Crippen molar-refractivity contribution in [2.24, 2.45) is 0 Å². The topological polar surface area (TPSA) is 53.1 Å². The summed E-state index contributed by atoms with van der Waals surface area (Å²) < 4.78 is 22.3. The number of hydrogen-bond donors (Lipinski definition) is 0. The van der Waals surface area contributed by atoms with Gasteiger partial charge in [0.1, 0.15) is 5.75 Å². The van der Waals surface area contributed by atoms with Crippen LogP contribution in [0.1, 0.15) is 20.8 Å². The Labute approximate surface area is 188 Å². The van der Waals surface area contributed by atoms with Crippen LogP contribution < -0.4 is 23.8 Å². The van der Waals surface area contributed by atoms with E-state index in [2.05, 4.69) is 18.7 Å². The van der Waals surface area contributed by atoms with Gasteiger partial charge in [0.15, 0.2) is 16.6 Å². The number of aromatic nitrogens is 1. The van der Waals surface area contributed by atoms with Gasteiger partial charge in [0.25, 0.3) is 0 Å². The lowest BCUT2D eigenvalue weighted by Gasteiger charge is -2.16. The maximum Gasteiger partial charge on any atom is 0.203 e. The first-order chi connectivity index (χ1) is 15.1. The number of ether oxygens (including phenoxy) is 4. The molecule has 0 radical (unpaired) electrons. The summed E-state index contributed by atoms with van der Waals surface area (Å²) >= 11 is 1.66. The highest BCUT2D eigenvalue weighted by atomic mass is 32.1. The van der Waals surface area contributed by atoms with E-state index in [1.165, 1.54) is 0 Å². The molecule has 1 aromatic heterocycles. The second kappa shape index (κ2) is 10.4. The zero-order valence-corrected chi connectivity index (χ0v) is 19.8. The average Bonchev–Trinajstić information content (AvgIpc) is 3.24. The molecule has 3 aromatic rings. The zero-order chi connectivity index (χ0) is 22.4. The fourth-order valence-electron chi connectivity index (χ4n) is 3.42. The first-order valence-electron chi connectivity index (χ1n) is 10.4. The molecule has 0 aliphatic rings. The summed E-state index contributed by atoms with van der Waals surface area (Å²) in [6.45, 7) is 8.68. The summed E-state index contributed by atoms with van der Waals surface area (Å²) in [4.78, 5) is 8.32. The van der Waals surface area contributed by atoms with Crippen LogP contribution in [0.3, 0.4) is 0 Å². The lowest BCUT2D eigenvalue weighted by atomic mass is 10.1. The van der Waals surface area contributed by atoms with Crippen molar-refractivity contribution in [3.8, 4) is 44.7 Å². The molecule has 0 spiro atoms. The molecule has 0 fully saturated rings. The van der Waals surface area contributed by atoms with E-state index in [9.17, 15) is 0 Å². The molecular weight excluding hydrogens is 412 g/mol. The predicted molar refractivity (Wildman–Crippen MR) is 127 cm³/mol. The van der Waals surface area contributed by atoms with E-state index in [-0.39, 0.29) is 0 Å². The van der Waals surface area contributed by atoms with Crippen LogP contribution in [0.2, 0.25) is 0 Å². The second-order valence-corrected chi connectivity index (χ2v) is 7.70. The predicted octanol–water partition coefficient (Wildman–Crippen LogP) is 5.75. The van der Waals surface area contributed by atoms with Gasteiger partial charge in [-0.25, -0.2) is 4.98 Å². The van der Waals surface area contributed by atoms with Gasteiger partial charge in [0.2, 0.25) is 5.75 Å². The van der Waals surface area contributed by atoms with Gasteiger partial charge in [-0.1, -0.05) is 11.3 Å². The highest BCUT2D eigenvalue weighted by molar-refractivity contribution is 7.19. The van der Waals surface area contributed by atoms with E-state index in [4.69, 9.17) is 23.9 Å². The number of thiazole rings is 1. The Morgan fingerprint density at radius 2 is 1.45 bits per heavy atom. The number of rotatable bonds is 10. The van der Waals surface area contributed by atoms with Crippen LogP contribution in [0.15, 0.2) is 36.4 Å². The Hall–Kier alpha value is -2.93. The minimum Gasteiger partial charge on any atom is -0.494 e. The van der Waals surface area contributed by atoms with Crippen molar-refractivity contribution in [1.29, 1.82) is 0 Å². The molecule has 1 heterocycles. The lowest BCUT2D eigenvalue weighted by molar-refractivity contribution is 0.324. The maximum absolute atomic E-state index is 5.60. The molecule has 3 rings (SSSR count). The summed E-state index contributed by atoms with van der Waals surface area (Å²) in [5.41, 5.74) is 2.92. The number of anilines is 1. The number of nitrogens with zero attached hydrogens (tertiary/aromatic N) is 2. The molecular formula is C24H30N2O4S. The summed E-state index contributed by atoms with van der Waals surface area (Å²) in [5.74, 6) is 2.66. The highest BCUT2D eigenvalue weighted by Gasteiger charge is 2.21. The molecule has 0 N–H and O–H groups in total. The maximum atomic E-state index is 5.60. The molecule has 0 saturated carbocycles. The molecule has 0 unspecified atom stereocenters. The van der Waals surface area contributed by atoms with Crippen molar-refractivity contribution in [3.63, 3.8) is 0 Å². The van der Waals surface area contributed by atoms with Crippen LogP contribution in [0, 0.1) is 0 Å². The van der Waals surface area contributed by atoms with Crippen molar-refractivity contribution < 1.29 is 18.9 Å². The van der Waals surface area contributed by atoms with Gasteiger partial charge in [-0.2, -0.15) is 0 Å². The first kappa shape index (κ1) is 22.7. The van der Waals surface area contributed by atoms with Crippen LogP contribution in [-0.4, -0.2) is 46.0 Å². The third kappa shape index (κ3) is 4.71. The van der Waals surface area contributed by atoms with Crippen LogP contribution >= 0.6 is 11.3 Å².